The lowest BCUT2D eigenvalue weighted by molar-refractivity contribution is -0.114. The smallest absolute Gasteiger partial charge is 0.234 e. The van der Waals surface area contributed by atoms with E-state index in [0.717, 1.165) is 33.9 Å². The fraction of sp³-hybridized carbons (Fsp3) is 0.316. The zero-order chi connectivity index (χ0) is 18.4. The number of amides is 2. The summed E-state index contributed by atoms with van der Waals surface area (Å²) in [5, 5.41) is 5.71. The Balaban J connectivity index is 1.80. The predicted octanol–water partition coefficient (Wildman–Crippen LogP) is 3.63. The van der Waals surface area contributed by atoms with E-state index in [2.05, 4.69) is 15.6 Å². The fourth-order valence-electron chi connectivity index (χ4n) is 2.54. The number of rotatable bonds is 6. The van der Waals surface area contributed by atoms with Crippen LogP contribution in [0.1, 0.15) is 22.5 Å². The molecule has 0 aliphatic heterocycles. The number of carbonyl (C=O) groups excluding carboxylic acids is 2. The maximum atomic E-state index is 12.1. The molecule has 2 N–H and O–H groups in total. The van der Waals surface area contributed by atoms with Crippen molar-refractivity contribution in [1.82, 2.24) is 4.98 Å². The Morgan fingerprint density at radius 2 is 1.68 bits per heavy atom. The van der Waals surface area contributed by atoms with E-state index in [1.54, 1.807) is 0 Å². The van der Waals surface area contributed by atoms with E-state index in [0.29, 0.717) is 0 Å². The third kappa shape index (κ3) is 5.90. The molecule has 0 aliphatic carbocycles. The van der Waals surface area contributed by atoms with Gasteiger partial charge in [-0.1, -0.05) is 12.1 Å². The van der Waals surface area contributed by atoms with E-state index >= 15 is 0 Å². The van der Waals surface area contributed by atoms with Crippen molar-refractivity contribution in [3.05, 3.63) is 52.8 Å². The van der Waals surface area contributed by atoms with Crippen molar-refractivity contribution >= 4 is 35.0 Å². The first-order valence-corrected chi connectivity index (χ1v) is 9.19. The van der Waals surface area contributed by atoms with Crippen LogP contribution in [-0.2, 0) is 9.59 Å². The van der Waals surface area contributed by atoms with Gasteiger partial charge in [-0.15, -0.1) is 11.8 Å². The van der Waals surface area contributed by atoms with Crippen LogP contribution in [0, 0.1) is 27.7 Å². The van der Waals surface area contributed by atoms with Crippen molar-refractivity contribution in [2.45, 2.75) is 27.7 Å². The van der Waals surface area contributed by atoms with Crippen molar-refractivity contribution in [2.75, 3.05) is 22.1 Å². The Labute approximate surface area is 152 Å². The van der Waals surface area contributed by atoms with E-state index in [1.165, 1.54) is 11.8 Å². The van der Waals surface area contributed by atoms with Crippen molar-refractivity contribution in [3.8, 4) is 0 Å². The monoisotopic (exact) mass is 357 g/mol. The Morgan fingerprint density at radius 1 is 1.00 bits per heavy atom. The molecule has 6 heteroatoms. The van der Waals surface area contributed by atoms with Crippen molar-refractivity contribution in [2.24, 2.45) is 0 Å². The predicted molar refractivity (Wildman–Crippen MR) is 104 cm³/mol. The summed E-state index contributed by atoms with van der Waals surface area (Å²) in [4.78, 5) is 28.4. The summed E-state index contributed by atoms with van der Waals surface area (Å²) >= 11 is 1.28. The van der Waals surface area contributed by atoms with Crippen LogP contribution in [0.4, 0.5) is 11.4 Å². The number of aromatic nitrogens is 1. The van der Waals surface area contributed by atoms with Gasteiger partial charge in [0.25, 0.3) is 0 Å². The number of pyridine rings is 1. The molecule has 0 fully saturated rings. The van der Waals surface area contributed by atoms with Crippen LogP contribution in [0.5, 0.6) is 0 Å². The molecule has 0 spiro atoms. The van der Waals surface area contributed by atoms with Gasteiger partial charge < -0.3 is 10.6 Å². The average molecular weight is 357 g/mol. The molecule has 25 heavy (non-hydrogen) atoms. The van der Waals surface area contributed by atoms with Crippen LogP contribution in [-0.4, -0.2) is 28.3 Å². The number of hydrogen-bond donors (Lipinski definition) is 2. The summed E-state index contributed by atoms with van der Waals surface area (Å²) in [6.07, 6.45) is 0. The van der Waals surface area contributed by atoms with Gasteiger partial charge in [-0.25, -0.2) is 0 Å². The molecular formula is C19H23N3O2S. The highest BCUT2D eigenvalue weighted by Gasteiger charge is 2.10. The summed E-state index contributed by atoms with van der Waals surface area (Å²) in [7, 11) is 0. The van der Waals surface area contributed by atoms with Gasteiger partial charge in [0.2, 0.25) is 11.8 Å². The van der Waals surface area contributed by atoms with Crippen LogP contribution < -0.4 is 10.6 Å². The van der Waals surface area contributed by atoms with Crippen LogP contribution in [0.15, 0.2) is 30.3 Å². The van der Waals surface area contributed by atoms with Crippen LogP contribution >= 0.6 is 11.8 Å². The topological polar surface area (TPSA) is 71.1 Å². The van der Waals surface area contributed by atoms with Gasteiger partial charge in [-0.05, 0) is 57.0 Å². The van der Waals surface area contributed by atoms with E-state index in [1.807, 2.05) is 58.0 Å². The number of nitrogens with one attached hydrogen (secondary N) is 2. The molecule has 0 saturated carbocycles. The van der Waals surface area contributed by atoms with Crippen molar-refractivity contribution in [1.29, 1.82) is 0 Å². The number of carbonyl (C=O) groups is 2. The maximum absolute atomic E-state index is 12.1. The molecule has 2 amide bonds. The highest BCUT2D eigenvalue weighted by molar-refractivity contribution is 8.00. The molecule has 2 aromatic rings. The summed E-state index contributed by atoms with van der Waals surface area (Å²) in [5.74, 6) is 0.192. The molecule has 1 heterocycles. The van der Waals surface area contributed by atoms with Gasteiger partial charge in [0.15, 0.2) is 0 Å². The van der Waals surface area contributed by atoms with Gasteiger partial charge in [0, 0.05) is 11.4 Å². The van der Waals surface area contributed by atoms with Gasteiger partial charge >= 0.3 is 0 Å². The molecule has 5 nitrogen and oxygen atoms in total. The molecule has 0 bridgehead atoms. The lowest BCUT2D eigenvalue weighted by Gasteiger charge is -2.12. The fourth-order valence-corrected chi connectivity index (χ4v) is 3.16. The number of nitrogens with zero attached hydrogens (tertiary/aromatic N) is 1. The third-order valence-corrected chi connectivity index (χ3v) is 4.49. The first kappa shape index (κ1) is 19.0. The molecule has 2 rings (SSSR count). The van der Waals surface area contributed by atoms with Crippen LogP contribution in [0.3, 0.4) is 0 Å². The Kier molecular flexibility index (Phi) is 6.58. The number of benzene rings is 1. The highest BCUT2D eigenvalue weighted by atomic mass is 32.2. The van der Waals surface area contributed by atoms with E-state index in [9.17, 15) is 9.59 Å². The molecular weight excluding hydrogens is 334 g/mol. The van der Waals surface area contributed by atoms with Crippen LogP contribution in [0.25, 0.3) is 0 Å². The minimum atomic E-state index is -0.134. The highest BCUT2D eigenvalue weighted by Crippen LogP contribution is 2.19. The lowest BCUT2D eigenvalue weighted by Crippen LogP contribution is -2.19. The number of aryl methyl sites for hydroxylation is 4. The third-order valence-electron chi connectivity index (χ3n) is 3.56. The zero-order valence-electron chi connectivity index (χ0n) is 15.0. The molecule has 0 atom stereocenters. The molecule has 0 saturated heterocycles. The van der Waals surface area contributed by atoms with Crippen molar-refractivity contribution < 1.29 is 9.59 Å². The average Bonchev–Trinajstić information content (AvgIpc) is 2.51. The first-order chi connectivity index (χ1) is 11.8. The Bertz CT molecular complexity index is 767. The Hall–Kier alpha value is -2.34. The second-order valence-corrected chi connectivity index (χ2v) is 6.99. The number of hydrogen-bond acceptors (Lipinski definition) is 4. The maximum Gasteiger partial charge on any atom is 0.234 e. The minimum absolute atomic E-state index is 0.118. The van der Waals surface area contributed by atoms with Crippen LogP contribution in [0.2, 0.25) is 0 Å². The Morgan fingerprint density at radius 3 is 2.32 bits per heavy atom. The second-order valence-electron chi connectivity index (χ2n) is 6.00. The lowest BCUT2D eigenvalue weighted by atomic mass is 10.1. The normalized spacial score (nSPS) is 10.4. The largest absolute Gasteiger partial charge is 0.325 e. The summed E-state index contributed by atoms with van der Waals surface area (Å²) < 4.78 is 0. The molecule has 0 unspecified atom stereocenters. The quantitative estimate of drug-likeness (QED) is 0.828. The second kappa shape index (κ2) is 8.67. The molecule has 132 valence electrons. The first-order valence-electron chi connectivity index (χ1n) is 8.04. The summed E-state index contributed by atoms with van der Waals surface area (Å²) in [6.45, 7) is 7.71. The number of thioether (sulfide) groups is 1. The molecule has 0 radical (unpaired) electrons. The van der Waals surface area contributed by atoms with Gasteiger partial charge in [-0.2, -0.15) is 0 Å². The van der Waals surface area contributed by atoms with Gasteiger partial charge in [-0.3, -0.25) is 14.6 Å². The summed E-state index contributed by atoms with van der Waals surface area (Å²) in [5.41, 5.74) is 5.32. The minimum Gasteiger partial charge on any atom is -0.325 e. The van der Waals surface area contributed by atoms with E-state index in [-0.39, 0.29) is 23.3 Å². The molecule has 1 aromatic heterocycles. The SMILES string of the molecule is Cc1cccc(NC(=O)CSCC(=O)Nc2c(C)cc(C)nc2C)c1. The summed E-state index contributed by atoms with van der Waals surface area (Å²) in [6, 6.07) is 9.55. The standard InChI is InChI=1S/C19H23N3O2S/c1-12-6-5-7-16(8-12)21-17(23)10-25-11-18(24)22-19-13(2)9-14(3)20-15(19)4/h5-9H,10-11H2,1-4H3,(H,21,23)(H,22,24). The molecule has 1 aromatic carbocycles. The van der Waals surface area contributed by atoms with Gasteiger partial charge in [0.05, 0.1) is 22.9 Å². The molecule has 0 aliphatic rings. The van der Waals surface area contributed by atoms with E-state index < -0.39 is 0 Å². The zero-order valence-corrected chi connectivity index (χ0v) is 15.8. The van der Waals surface area contributed by atoms with Crippen molar-refractivity contribution in [3.63, 3.8) is 0 Å². The van der Waals surface area contributed by atoms with Gasteiger partial charge in [0.1, 0.15) is 0 Å². The van der Waals surface area contributed by atoms with E-state index in [4.69, 9.17) is 0 Å². The number of anilines is 2.